The van der Waals surface area contributed by atoms with E-state index in [1.54, 1.807) is 0 Å². The van der Waals surface area contributed by atoms with Crippen molar-refractivity contribution in [3.05, 3.63) is 59.2 Å². The predicted octanol–water partition coefficient (Wildman–Crippen LogP) is 5.77. The second-order valence-corrected chi connectivity index (χ2v) is 4.92. The maximum Gasteiger partial charge on any atom is 0.417 e. The predicted molar refractivity (Wildman–Crippen MR) is 72.1 cm³/mol. The maximum absolute atomic E-state index is 13.2. The number of rotatable bonds is 2. The molecule has 2 aromatic carbocycles. The van der Waals surface area contributed by atoms with Crippen molar-refractivity contribution < 1.29 is 31.1 Å². The van der Waals surface area contributed by atoms with Crippen LogP contribution in [-0.4, -0.2) is 5.24 Å². The van der Waals surface area contributed by atoms with E-state index in [0.717, 1.165) is 24.3 Å². The number of alkyl halides is 6. The zero-order chi connectivity index (χ0) is 17.4. The summed E-state index contributed by atoms with van der Waals surface area (Å²) in [5, 5.41) is -1.13. The normalized spacial score (nSPS) is 12.3. The van der Waals surface area contributed by atoms with Crippen LogP contribution in [-0.2, 0) is 12.4 Å². The van der Waals surface area contributed by atoms with Crippen LogP contribution in [0.25, 0.3) is 11.1 Å². The van der Waals surface area contributed by atoms with E-state index in [4.69, 9.17) is 11.6 Å². The molecule has 0 atom stereocenters. The van der Waals surface area contributed by atoms with Crippen LogP contribution in [0.1, 0.15) is 21.5 Å². The van der Waals surface area contributed by atoms with Gasteiger partial charge in [0.15, 0.2) is 0 Å². The summed E-state index contributed by atoms with van der Waals surface area (Å²) < 4.78 is 78.6. The smallest absolute Gasteiger partial charge is 0.276 e. The fourth-order valence-corrected chi connectivity index (χ4v) is 2.22. The summed E-state index contributed by atoms with van der Waals surface area (Å²) in [5.74, 6) is 0. The minimum absolute atomic E-state index is 0.442. The molecule has 0 unspecified atom stereocenters. The third-order valence-corrected chi connectivity index (χ3v) is 3.29. The SMILES string of the molecule is O=C(Cl)c1ccc(-c2ccccc2C(F)(F)F)c(C(F)(F)F)c1. The fraction of sp³-hybridized carbons (Fsp3) is 0.133. The molecule has 0 aliphatic rings. The van der Waals surface area contributed by atoms with Crippen LogP contribution in [0.5, 0.6) is 0 Å². The molecule has 2 aromatic rings. The van der Waals surface area contributed by atoms with E-state index in [1.165, 1.54) is 6.07 Å². The van der Waals surface area contributed by atoms with Crippen molar-refractivity contribution in [3.8, 4) is 11.1 Å². The Hall–Kier alpha value is -2.02. The van der Waals surface area contributed by atoms with Crippen molar-refractivity contribution in [3.63, 3.8) is 0 Å². The van der Waals surface area contributed by atoms with Gasteiger partial charge < -0.3 is 0 Å². The van der Waals surface area contributed by atoms with Gasteiger partial charge in [0.2, 0.25) is 0 Å². The van der Waals surface area contributed by atoms with Gasteiger partial charge in [0.25, 0.3) is 5.24 Å². The van der Waals surface area contributed by atoms with E-state index < -0.39 is 45.4 Å². The van der Waals surface area contributed by atoms with Crippen LogP contribution in [0.2, 0.25) is 0 Å². The minimum Gasteiger partial charge on any atom is -0.276 e. The lowest BCUT2D eigenvalue weighted by Gasteiger charge is -2.18. The number of carbonyl (C=O) groups excluding carboxylic acids is 1. The second-order valence-electron chi connectivity index (χ2n) is 4.58. The van der Waals surface area contributed by atoms with Crippen LogP contribution < -0.4 is 0 Å². The van der Waals surface area contributed by atoms with Gasteiger partial charge in [-0.3, -0.25) is 4.79 Å². The minimum atomic E-state index is -4.95. The molecule has 8 heteroatoms. The Morgan fingerprint density at radius 2 is 1.30 bits per heavy atom. The van der Waals surface area contributed by atoms with Crippen molar-refractivity contribution >= 4 is 16.8 Å². The Bertz CT molecular complexity index is 748. The molecule has 0 fully saturated rings. The highest BCUT2D eigenvalue weighted by molar-refractivity contribution is 6.67. The molecule has 1 nitrogen and oxygen atoms in total. The number of carbonyl (C=O) groups is 1. The van der Waals surface area contributed by atoms with Crippen molar-refractivity contribution in [2.45, 2.75) is 12.4 Å². The lowest BCUT2D eigenvalue weighted by atomic mass is 9.93. The first-order valence-corrected chi connectivity index (χ1v) is 6.47. The third-order valence-electron chi connectivity index (χ3n) is 3.07. The van der Waals surface area contributed by atoms with Crippen molar-refractivity contribution in [2.24, 2.45) is 0 Å². The van der Waals surface area contributed by atoms with E-state index >= 15 is 0 Å². The van der Waals surface area contributed by atoms with Crippen LogP contribution in [0.15, 0.2) is 42.5 Å². The second kappa shape index (κ2) is 5.88. The standard InChI is InChI=1S/C15H7ClF6O/c16-13(23)8-5-6-10(12(7-8)15(20,21)22)9-3-1-2-4-11(9)14(17,18)19/h1-7H. The Kier molecular flexibility index (Phi) is 4.43. The number of hydrogen-bond donors (Lipinski definition) is 0. The molecule has 0 bridgehead atoms. The maximum atomic E-state index is 13.2. The highest BCUT2D eigenvalue weighted by Crippen LogP contribution is 2.42. The molecule has 2 rings (SSSR count). The molecule has 0 aliphatic carbocycles. The molecular formula is C15H7ClF6O. The third kappa shape index (κ3) is 3.67. The van der Waals surface area contributed by atoms with Crippen molar-refractivity contribution in [1.82, 2.24) is 0 Å². The molecule has 122 valence electrons. The Balaban J connectivity index is 2.77. The Morgan fingerprint density at radius 3 is 1.83 bits per heavy atom. The van der Waals surface area contributed by atoms with Gasteiger partial charge in [-0.25, -0.2) is 0 Å². The monoisotopic (exact) mass is 352 g/mol. The Morgan fingerprint density at radius 1 is 0.783 bits per heavy atom. The van der Waals surface area contributed by atoms with E-state index in [2.05, 4.69) is 0 Å². The summed E-state index contributed by atoms with van der Waals surface area (Å²) in [7, 11) is 0. The summed E-state index contributed by atoms with van der Waals surface area (Å²) in [6.45, 7) is 0. The molecular weight excluding hydrogens is 346 g/mol. The van der Waals surface area contributed by atoms with Crippen molar-refractivity contribution in [2.75, 3.05) is 0 Å². The van der Waals surface area contributed by atoms with Gasteiger partial charge in [-0.15, -0.1) is 0 Å². The van der Waals surface area contributed by atoms with Gasteiger partial charge >= 0.3 is 12.4 Å². The molecule has 23 heavy (non-hydrogen) atoms. The van der Waals surface area contributed by atoms with Crippen LogP contribution in [0.4, 0.5) is 26.3 Å². The van der Waals surface area contributed by atoms with Gasteiger partial charge in [0.1, 0.15) is 0 Å². The zero-order valence-corrected chi connectivity index (χ0v) is 11.9. The van der Waals surface area contributed by atoms with E-state index in [9.17, 15) is 31.1 Å². The first kappa shape index (κ1) is 17.3. The summed E-state index contributed by atoms with van der Waals surface area (Å²) in [4.78, 5) is 11.0. The molecule has 0 saturated carbocycles. The number of halogens is 7. The lowest BCUT2D eigenvalue weighted by Crippen LogP contribution is -2.12. The summed E-state index contributed by atoms with van der Waals surface area (Å²) in [5.41, 5.74) is -4.31. The highest BCUT2D eigenvalue weighted by atomic mass is 35.5. The molecule has 0 saturated heterocycles. The van der Waals surface area contributed by atoms with Gasteiger partial charge in [0.05, 0.1) is 11.1 Å². The zero-order valence-electron chi connectivity index (χ0n) is 11.1. The summed E-state index contributed by atoms with van der Waals surface area (Å²) in [6.07, 6.45) is -9.77. The first-order valence-electron chi connectivity index (χ1n) is 6.09. The average Bonchev–Trinajstić information content (AvgIpc) is 2.44. The molecule has 0 aliphatic heterocycles. The molecule has 0 heterocycles. The quantitative estimate of drug-likeness (QED) is 0.495. The van der Waals surface area contributed by atoms with Gasteiger partial charge in [0, 0.05) is 5.56 Å². The molecule has 0 spiro atoms. The largest absolute Gasteiger partial charge is 0.417 e. The van der Waals surface area contributed by atoms with E-state index in [-0.39, 0.29) is 0 Å². The van der Waals surface area contributed by atoms with Gasteiger partial charge in [-0.1, -0.05) is 24.3 Å². The number of benzene rings is 2. The Labute approximate surface area is 131 Å². The van der Waals surface area contributed by atoms with Crippen LogP contribution >= 0.6 is 11.6 Å². The molecule has 0 radical (unpaired) electrons. The lowest BCUT2D eigenvalue weighted by molar-refractivity contribution is -0.139. The van der Waals surface area contributed by atoms with E-state index in [0.29, 0.717) is 12.1 Å². The molecule has 0 N–H and O–H groups in total. The highest BCUT2D eigenvalue weighted by Gasteiger charge is 2.38. The van der Waals surface area contributed by atoms with E-state index in [1.807, 2.05) is 0 Å². The van der Waals surface area contributed by atoms with Crippen molar-refractivity contribution in [1.29, 1.82) is 0 Å². The molecule has 0 amide bonds. The van der Waals surface area contributed by atoms with Gasteiger partial charge in [-0.2, -0.15) is 26.3 Å². The molecule has 0 aromatic heterocycles. The van der Waals surface area contributed by atoms with Crippen LogP contribution in [0.3, 0.4) is 0 Å². The fourth-order valence-electron chi connectivity index (χ4n) is 2.10. The van der Waals surface area contributed by atoms with Crippen LogP contribution in [0, 0.1) is 0 Å². The summed E-state index contributed by atoms with van der Waals surface area (Å²) >= 11 is 5.14. The topological polar surface area (TPSA) is 17.1 Å². The summed E-state index contributed by atoms with van der Waals surface area (Å²) in [6, 6.07) is 6.11. The average molecular weight is 353 g/mol. The van der Waals surface area contributed by atoms with Gasteiger partial charge in [-0.05, 0) is 40.9 Å². The number of hydrogen-bond acceptors (Lipinski definition) is 1. The first-order chi connectivity index (χ1) is 10.5.